The number of likely N-dealkylation sites (tertiary alicyclic amines) is 2. The number of carboxylic acid groups (broad SMARTS) is 1. The van der Waals surface area contributed by atoms with E-state index in [1.54, 1.807) is 0 Å². The number of rotatable bonds is 5. The lowest BCUT2D eigenvalue weighted by Gasteiger charge is -2.39. The topological polar surface area (TPSA) is 64.1 Å². The molecule has 2 saturated heterocycles. The van der Waals surface area contributed by atoms with Gasteiger partial charge in [-0.1, -0.05) is 13.8 Å². The minimum atomic E-state index is -0.779. The SMILES string of the molecule is CC1CC(C)CN(C(=O)CN2CCC(N(C)CC(=O)O)CC2)C1.Cl. The van der Waals surface area contributed by atoms with Crippen molar-refractivity contribution in [2.45, 2.75) is 39.2 Å². The molecule has 7 heteroatoms. The highest BCUT2D eigenvalue weighted by Crippen LogP contribution is 2.21. The zero-order valence-electron chi connectivity index (χ0n) is 15.1. The lowest BCUT2D eigenvalue weighted by atomic mass is 9.92. The Balaban J connectivity index is 0.00000288. The smallest absolute Gasteiger partial charge is 0.317 e. The maximum atomic E-state index is 12.5. The van der Waals surface area contributed by atoms with Gasteiger partial charge >= 0.3 is 5.97 Å². The molecular formula is C17H32ClN3O3. The Morgan fingerprint density at radius 2 is 1.67 bits per heavy atom. The first-order valence-electron chi connectivity index (χ1n) is 8.77. The number of likely N-dealkylation sites (N-methyl/N-ethyl adjacent to an activating group) is 1. The first-order valence-corrected chi connectivity index (χ1v) is 8.77. The summed E-state index contributed by atoms with van der Waals surface area (Å²) in [5.74, 6) is 0.662. The molecule has 0 spiro atoms. The van der Waals surface area contributed by atoms with Crippen molar-refractivity contribution in [1.29, 1.82) is 0 Å². The van der Waals surface area contributed by atoms with Gasteiger partial charge in [0.2, 0.25) is 5.91 Å². The van der Waals surface area contributed by atoms with E-state index < -0.39 is 5.97 Å². The maximum absolute atomic E-state index is 12.5. The number of nitrogens with zero attached hydrogens (tertiary/aromatic N) is 3. The highest BCUT2D eigenvalue weighted by atomic mass is 35.5. The number of aliphatic carboxylic acids is 1. The number of hydrogen-bond donors (Lipinski definition) is 1. The van der Waals surface area contributed by atoms with E-state index in [4.69, 9.17) is 5.11 Å². The van der Waals surface area contributed by atoms with Crippen LogP contribution in [-0.2, 0) is 9.59 Å². The van der Waals surface area contributed by atoms with Crippen molar-refractivity contribution in [2.75, 3.05) is 46.3 Å². The Kier molecular flexibility index (Phi) is 8.46. The minimum absolute atomic E-state index is 0. The van der Waals surface area contributed by atoms with Gasteiger partial charge in [0, 0.05) is 32.2 Å². The van der Waals surface area contributed by atoms with Crippen LogP contribution in [-0.4, -0.2) is 84.0 Å². The number of halogens is 1. The van der Waals surface area contributed by atoms with Crippen molar-refractivity contribution in [1.82, 2.24) is 14.7 Å². The fraction of sp³-hybridized carbons (Fsp3) is 0.882. The molecule has 6 nitrogen and oxygen atoms in total. The molecule has 0 bridgehead atoms. The summed E-state index contributed by atoms with van der Waals surface area (Å²) in [6.07, 6.45) is 3.08. The molecule has 0 radical (unpaired) electrons. The van der Waals surface area contributed by atoms with E-state index in [0.29, 0.717) is 24.4 Å². The van der Waals surface area contributed by atoms with Crippen molar-refractivity contribution in [3.05, 3.63) is 0 Å². The second-order valence-corrected chi connectivity index (χ2v) is 7.56. The molecule has 2 rings (SSSR count). The van der Waals surface area contributed by atoms with Gasteiger partial charge in [0.05, 0.1) is 13.1 Å². The molecule has 0 saturated carbocycles. The molecule has 0 aliphatic carbocycles. The van der Waals surface area contributed by atoms with Crippen molar-refractivity contribution < 1.29 is 14.7 Å². The van der Waals surface area contributed by atoms with Crippen molar-refractivity contribution >= 4 is 24.3 Å². The van der Waals surface area contributed by atoms with Gasteiger partial charge in [0.1, 0.15) is 0 Å². The summed E-state index contributed by atoms with van der Waals surface area (Å²) in [6, 6.07) is 0.312. The number of carboxylic acids is 1. The average Bonchev–Trinajstić information content (AvgIpc) is 2.46. The summed E-state index contributed by atoms with van der Waals surface area (Å²) in [4.78, 5) is 29.5. The fourth-order valence-corrected chi connectivity index (χ4v) is 4.02. The second kappa shape index (κ2) is 9.59. The summed E-state index contributed by atoms with van der Waals surface area (Å²) in [5, 5.41) is 8.87. The van der Waals surface area contributed by atoms with Crippen LogP contribution in [0.2, 0.25) is 0 Å². The largest absolute Gasteiger partial charge is 0.480 e. The van der Waals surface area contributed by atoms with Crippen LogP contribution >= 0.6 is 12.4 Å². The Hall–Kier alpha value is -0.850. The van der Waals surface area contributed by atoms with E-state index >= 15 is 0 Å². The predicted molar refractivity (Wildman–Crippen MR) is 96.5 cm³/mol. The average molecular weight is 362 g/mol. The van der Waals surface area contributed by atoms with Gasteiger partial charge in [-0.05, 0) is 38.1 Å². The molecule has 2 atom stereocenters. The molecule has 2 fully saturated rings. The Labute approximate surface area is 151 Å². The third-order valence-electron chi connectivity index (χ3n) is 5.15. The van der Waals surface area contributed by atoms with E-state index in [1.807, 2.05) is 16.8 Å². The third kappa shape index (κ3) is 6.22. The molecule has 2 heterocycles. The van der Waals surface area contributed by atoms with Gasteiger partial charge in [-0.25, -0.2) is 0 Å². The lowest BCUT2D eigenvalue weighted by Crippen LogP contribution is -2.50. The quantitative estimate of drug-likeness (QED) is 0.801. The number of carbonyl (C=O) groups excluding carboxylic acids is 1. The number of piperidine rings is 2. The van der Waals surface area contributed by atoms with Crippen LogP contribution in [0.25, 0.3) is 0 Å². The van der Waals surface area contributed by atoms with E-state index in [1.165, 1.54) is 6.42 Å². The molecule has 1 amide bonds. The van der Waals surface area contributed by atoms with Crippen molar-refractivity contribution in [3.63, 3.8) is 0 Å². The van der Waals surface area contributed by atoms with Crippen molar-refractivity contribution in [3.8, 4) is 0 Å². The minimum Gasteiger partial charge on any atom is -0.480 e. The molecule has 0 aromatic heterocycles. The van der Waals surface area contributed by atoms with Gasteiger partial charge < -0.3 is 10.0 Å². The Morgan fingerprint density at radius 1 is 1.12 bits per heavy atom. The molecule has 2 unspecified atom stereocenters. The summed E-state index contributed by atoms with van der Waals surface area (Å²) >= 11 is 0. The molecule has 24 heavy (non-hydrogen) atoms. The van der Waals surface area contributed by atoms with E-state index in [-0.39, 0.29) is 24.9 Å². The van der Waals surface area contributed by atoms with Crippen LogP contribution in [0.3, 0.4) is 0 Å². The highest BCUT2D eigenvalue weighted by molar-refractivity contribution is 5.85. The van der Waals surface area contributed by atoms with Crippen LogP contribution in [0.15, 0.2) is 0 Å². The first-order chi connectivity index (χ1) is 10.8. The summed E-state index contributed by atoms with van der Waals surface area (Å²) in [5.41, 5.74) is 0. The maximum Gasteiger partial charge on any atom is 0.317 e. The molecule has 0 aromatic carbocycles. The number of amides is 1. The normalized spacial score (nSPS) is 26.2. The zero-order chi connectivity index (χ0) is 17.0. The molecule has 140 valence electrons. The van der Waals surface area contributed by atoms with Crippen LogP contribution in [0.5, 0.6) is 0 Å². The van der Waals surface area contributed by atoms with Crippen LogP contribution < -0.4 is 0 Å². The standard InChI is InChI=1S/C17H31N3O3.ClH/c1-13-8-14(2)10-20(9-13)16(21)11-19-6-4-15(5-7-19)18(3)12-17(22)23;/h13-15H,4-12H2,1-3H3,(H,22,23);1H. The zero-order valence-corrected chi connectivity index (χ0v) is 15.9. The van der Waals surface area contributed by atoms with Crippen molar-refractivity contribution in [2.24, 2.45) is 11.8 Å². The summed E-state index contributed by atoms with van der Waals surface area (Å²) < 4.78 is 0. The second-order valence-electron chi connectivity index (χ2n) is 7.56. The first kappa shape index (κ1) is 21.2. The van der Waals surface area contributed by atoms with E-state index in [9.17, 15) is 9.59 Å². The van der Waals surface area contributed by atoms with Gasteiger partial charge in [-0.15, -0.1) is 12.4 Å². The fourth-order valence-electron chi connectivity index (χ4n) is 4.02. The molecule has 2 aliphatic rings. The van der Waals surface area contributed by atoms with Gasteiger partial charge in [-0.2, -0.15) is 0 Å². The molecule has 1 N–H and O–H groups in total. The molecule has 0 aromatic rings. The van der Waals surface area contributed by atoms with E-state index in [0.717, 1.165) is 39.0 Å². The highest BCUT2D eigenvalue weighted by Gasteiger charge is 2.28. The molecule has 2 aliphatic heterocycles. The summed E-state index contributed by atoms with van der Waals surface area (Å²) in [6.45, 7) is 8.57. The molecular weight excluding hydrogens is 330 g/mol. The van der Waals surface area contributed by atoms with Gasteiger partial charge in [0.25, 0.3) is 0 Å². The van der Waals surface area contributed by atoms with Crippen LogP contribution in [0.1, 0.15) is 33.1 Å². The number of hydrogen-bond acceptors (Lipinski definition) is 4. The van der Waals surface area contributed by atoms with E-state index in [2.05, 4.69) is 18.7 Å². The van der Waals surface area contributed by atoms with Gasteiger partial charge in [0.15, 0.2) is 0 Å². The van der Waals surface area contributed by atoms with Crippen LogP contribution in [0, 0.1) is 11.8 Å². The monoisotopic (exact) mass is 361 g/mol. The Bertz CT molecular complexity index is 417. The Morgan fingerprint density at radius 3 is 2.17 bits per heavy atom. The predicted octanol–water partition coefficient (Wildman–Crippen LogP) is 1.39. The summed E-state index contributed by atoms with van der Waals surface area (Å²) in [7, 11) is 1.87. The lowest BCUT2D eigenvalue weighted by molar-refractivity contribution is -0.138. The van der Waals surface area contributed by atoms with Gasteiger partial charge in [-0.3, -0.25) is 19.4 Å². The van der Waals surface area contributed by atoms with Crippen LogP contribution in [0.4, 0.5) is 0 Å². The third-order valence-corrected chi connectivity index (χ3v) is 5.15. The number of carbonyl (C=O) groups is 2.